The Morgan fingerprint density at radius 1 is 1.29 bits per heavy atom. The Morgan fingerprint density at radius 3 is 2.53 bits per heavy atom. The Hall–Kier alpha value is -0.220. The number of hydrogen-bond donors (Lipinski definition) is 2. The number of thioether (sulfide) groups is 1. The Kier molecular flexibility index (Phi) is 10.8. The average Bonchev–Trinajstić information content (AvgIpc) is 2.25. The number of aliphatic carboxylic acids is 1. The first-order chi connectivity index (χ1) is 8.07. The Bertz CT molecular complexity index is 198. The van der Waals surface area contributed by atoms with Crippen molar-refractivity contribution in [3.05, 3.63) is 0 Å². The summed E-state index contributed by atoms with van der Waals surface area (Å²) in [4.78, 5) is 11.0. The van der Waals surface area contributed by atoms with Gasteiger partial charge in [-0.2, -0.15) is 11.8 Å². The van der Waals surface area contributed by atoms with Gasteiger partial charge in [0.2, 0.25) is 0 Å². The molecule has 0 heterocycles. The molecule has 3 nitrogen and oxygen atoms in total. The summed E-state index contributed by atoms with van der Waals surface area (Å²) in [5, 5.41) is 12.2. The van der Waals surface area contributed by atoms with Gasteiger partial charge in [-0.05, 0) is 43.2 Å². The molecular formula is C13H27NO2S. The van der Waals surface area contributed by atoms with Crippen molar-refractivity contribution in [2.24, 2.45) is 5.92 Å². The van der Waals surface area contributed by atoms with Crippen molar-refractivity contribution in [1.82, 2.24) is 5.32 Å². The summed E-state index contributed by atoms with van der Waals surface area (Å²) in [6.45, 7) is 7.28. The highest BCUT2D eigenvalue weighted by molar-refractivity contribution is 7.99. The van der Waals surface area contributed by atoms with Crippen LogP contribution >= 0.6 is 11.8 Å². The first-order valence-corrected chi connectivity index (χ1v) is 7.77. The molecule has 0 aliphatic rings. The molecule has 0 bridgehead atoms. The second kappa shape index (κ2) is 10.9. The average molecular weight is 261 g/mol. The Morgan fingerprint density at radius 2 is 2.00 bits per heavy atom. The van der Waals surface area contributed by atoms with Gasteiger partial charge in [-0.25, -0.2) is 0 Å². The van der Waals surface area contributed by atoms with Crippen molar-refractivity contribution >= 4 is 17.7 Å². The normalized spacial score (nSPS) is 12.9. The largest absolute Gasteiger partial charge is 0.480 e. The summed E-state index contributed by atoms with van der Waals surface area (Å²) in [5.41, 5.74) is 0. The third kappa shape index (κ3) is 10.6. The van der Waals surface area contributed by atoms with Gasteiger partial charge in [0, 0.05) is 0 Å². The summed E-state index contributed by atoms with van der Waals surface area (Å²) >= 11 is 1.86. The van der Waals surface area contributed by atoms with Crippen LogP contribution in [-0.4, -0.2) is 35.2 Å². The van der Waals surface area contributed by atoms with E-state index in [0.717, 1.165) is 30.9 Å². The standard InChI is InChI=1S/C13H27NO2S/c1-4-5-9-17-10-7-12(13(15)16)14-8-6-11(2)3/h11-12,14H,4-10H2,1-3H3,(H,15,16)/t12-/m0/s1. The molecule has 0 spiro atoms. The van der Waals surface area contributed by atoms with Gasteiger partial charge < -0.3 is 10.4 Å². The van der Waals surface area contributed by atoms with Crippen molar-refractivity contribution in [3.8, 4) is 0 Å². The molecule has 0 amide bonds. The summed E-state index contributed by atoms with van der Waals surface area (Å²) < 4.78 is 0. The molecule has 0 saturated heterocycles. The van der Waals surface area contributed by atoms with Crippen molar-refractivity contribution in [2.75, 3.05) is 18.1 Å². The third-order valence-electron chi connectivity index (χ3n) is 2.60. The molecule has 1 atom stereocenters. The second-order valence-corrected chi connectivity index (χ2v) is 6.01. The minimum Gasteiger partial charge on any atom is -0.480 e. The summed E-state index contributed by atoms with van der Waals surface area (Å²) in [6.07, 6.45) is 4.19. The van der Waals surface area contributed by atoms with E-state index in [1.54, 1.807) is 0 Å². The van der Waals surface area contributed by atoms with E-state index in [1.165, 1.54) is 12.8 Å². The van der Waals surface area contributed by atoms with E-state index < -0.39 is 5.97 Å². The van der Waals surface area contributed by atoms with E-state index in [4.69, 9.17) is 5.11 Å². The number of carboxylic acid groups (broad SMARTS) is 1. The van der Waals surface area contributed by atoms with E-state index in [9.17, 15) is 4.79 Å². The van der Waals surface area contributed by atoms with Gasteiger partial charge in [0.15, 0.2) is 0 Å². The van der Waals surface area contributed by atoms with Crippen LogP contribution in [0.1, 0.15) is 46.5 Å². The van der Waals surface area contributed by atoms with E-state index in [1.807, 2.05) is 11.8 Å². The van der Waals surface area contributed by atoms with E-state index in [0.29, 0.717) is 5.92 Å². The molecular weight excluding hydrogens is 234 g/mol. The monoisotopic (exact) mass is 261 g/mol. The molecule has 0 fully saturated rings. The van der Waals surface area contributed by atoms with E-state index >= 15 is 0 Å². The minimum atomic E-state index is -0.718. The maximum absolute atomic E-state index is 11.0. The smallest absolute Gasteiger partial charge is 0.320 e. The lowest BCUT2D eigenvalue weighted by Crippen LogP contribution is -2.38. The molecule has 0 rings (SSSR count). The topological polar surface area (TPSA) is 49.3 Å². The third-order valence-corrected chi connectivity index (χ3v) is 3.71. The zero-order chi connectivity index (χ0) is 13.1. The van der Waals surface area contributed by atoms with Gasteiger partial charge in [0.05, 0.1) is 0 Å². The predicted octanol–water partition coefficient (Wildman–Crippen LogP) is 3.00. The lowest BCUT2D eigenvalue weighted by atomic mass is 10.1. The lowest BCUT2D eigenvalue weighted by molar-refractivity contribution is -0.139. The van der Waals surface area contributed by atoms with Crippen molar-refractivity contribution in [2.45, 2.75) is 52.5 Å². The highest BCUT2D eigenvalue weighted by atomic mass is 32.2. The van der Waals surface area contributed by atoms with Crippen molar-refractivity contribution in [1.29, 1.82) is 0 Å². The Balaban J connectivity index is 3.64. The molecule has 0 unspecified atom stereocenters. The highest BCUT2D eigenvalue weighted by Crippen LogP contribution is 2.08. The van der Waals surface area contributed by atoms with Gasteiger partial charge in [-0.1, -0.05) is 27.2 Å². The molecule has 0 saturated carbocycles. The minimum absolute atomic E-state index is 0.372. The number of carbonyl (C=O) groups is 1. The van der Waals surface area contributed by atoms with Crippen LogP contribution in [0.2, 0.25) is 0 Å². The van der Waals surface area contributed by atoms with Crippen LogP contribution in [0.25, 0.3) is 0 Å². The predicted molar refractivity (Wildman–Crippen MR) is 75.7 cm³/mol. The molecule has 102 valence electrons. The number of nitrogens with one attached hydrogen (secondary N) is 1. The fourth-order valence-electron chi connectivity index (χ4n) is 1.41. The van der Waals surface area contributed by atoms with Crippen molar-refractivity contribution in [3.63, 3.8) is 0 Å². The second-order valence-electron chi connectivity index (χ2n) is 4.78. The first-order valence-electron chi connectivity index (χ1n) is 6.61. The molecule has 0 aromatic heterocycles. The number of rotatable bonds is 11. The van der Waals surface area contributed by atoms with Gasteiger partial charge in [-0.3, -0.25) is 4.79 Å². The molecule has 4 heteroatoms. The molecule has 0 radical (unpaired) electrons. The number of carboxylic acids is 1. The quantitative estimate of drug-likeness (QED) is 0.561. The molecule has 2 N–H and O–H groups in total. The van der Waals surface area contributed by atoms with E-state index in [2.05, 4.69) is 26.1 Å². The fourth-order valence-corrected chi connectivity index (χ4v) is 2.51. The summed E-state index contributed by atoms with van der Waals surface area (Å²) in [7, 11) is 0. The molecule has 0 aromatic rings. The van der Waals surface area contributed by atoms with Crippen LogP contribution in [0.3, 0.4) is 0 Å². The maximum atomic E-state index is 11.0. The van der Waals surface area contributed by atoms with Gasteiger partial charge in [-0.15, -0.1) is 0 Å². The maximum Gasteiger partial charge on any atom is 0.320 e. The molecule has 0 aromatic carbocycles. The van der Waals surface area contributed by atoms with Crippen LogP contribution < -0.4 is 5.32 Å². The van der Waals surface area contributed by atoms with E-state index in [-0.39, 0.29) is 6.04 Å². The fraction of sp³-hybridized carbons (Fsp3) is 0.923. The summed E-state index contributed by atoms with van der Waals surface area (Å²) in [6, 6.07) is -0.372. The van der Waals surface area contributed by atoms with Gasteiger partial charge in [0.25, 0.3) is 0 Å². The zero-order valence-electron chi connectivity index (χ0n) is 11.4. The number of unbranched alkanes of at least 4 members (excludes halogenated alkanes) is 1. The molecule has 0 aliphatic carbocycles. The zero-order valence-corrected chi connectivity index (χ0v) is 12.2. The van der Waals surface area contributed by atoms with Crippen LogP contribution in [0, 0.1) is 5.92 Å². The molecule has 17 heavy (non-hydrogen) atoms. The van der Waals surface area contributed by atoms with Crippen LogP contribution in [0.5, 0.6) is 0 Å². The van der Waals surface area contributed by atoms with Crippen LogP contribution in [0.15, 0.2) is 0 Å². The van der Waals surface area contributed by atoms with Crippen molar-refractivity contribution < 1.29 is 9.90 Å². The lowest BCUT2D eigenvalue weighted by Gasteiger charge is -2.15. The Labute approximate surface area is 110 Å². The SMILES string of the molecule is CCCCSCC[C@H](NCCC(C)C)C(=O)O. The van der Waals surface area contributed by atoms with Crippen LogP contribution in [0.4, 0.5) is 0 Å². The van der Waals surface area contributed by atoms with Crippen LogP contribution in [-0.2, 0) is 4.79 Å². The summed E-state index contributed by atoms with van der Waals surface area (Å²) in [5.74, 6) is 1.99. The van der Waals surface area contributed by atoms with Gasteiger partial charge in [0.1, 0.15) is 6.04 Å². The van der Waals surface area contributed by atoms with Gasteiger partial charge >= 0.3 is 5.97 Å². The number of hydrogen-bond acceptors (Lipinski definition) is 3. The molecule has 0 aliphatic heterocycles. The highest BCUT2D eigenvalue weighted by Gasteiger charge is 2.15. The first kappa shape index (κ1) is 16.8.